The average molecular weight is 253 g/mol. The molecule has 0 spiro atoms. The fourth-order valence-electron chi connectivity index (χ4n) is 1.11. The van der Waals surface area contributed by atoms with Crippen molar-refractivity contribution in [2.24, 2.45) is 5.73 Å². The van der Waals surface area contributed by atoms with Crippen LogP contribution < -0.4 is 11.1 Å². The number of hydrogen-bond donors (Lipinski definition) is 3. The second kappa shape index (κ2) is 5.98. The number of nitrogens with one attached hydrogen (secondary N) is 1. The number of nitriles is 1. The normalized spacial score (nSPS) is 11.5. The maximum atomic E-state index is 11.6. The maximum absolute atomic E-state index is 11.6. The van der Waals surface area contributed by atoms with Crippen molar-refractivity contribution in [3.8, 4) is 6.07 Å². The van der Waals surface area contributed by atoms with E-state index in [-0.39, 0.29) is 12.8 Å². The summed E-state index contributed by atoms with van der Waals surface area (Å²) in [6, 6.07) is 2.63. The van der Waals surface area contributed by atoms with Crippen molar-refractivity contribution in [2.45, 2.75) is 18.9 Å². The zero-order valence-corrected chi connectivity index (χ0v) is 9.66. The molecule has 0 aromatic carbocycles. The third-order valence-corrected chi connectivity index (χ3v) is 2.86. The van der Waals surface area contributed by atoms with E-state index in [0.29, 0.717) is 10.6 Å². The maximum Gasteiger partial charge on any atom is 0.303 e. The van der Waals surface area contributed by atoms with Gasteiger partial charge in [-0.1, -0.05) is 0 Å². The van der Waals surface area contributed by atoms with Gasteiger partial charge in [0.2, 0.25) is 5.91 Å². The lowest BCUT2D eigenvalue weighted by atomic mass is 10.1. The Morgan fingerprint density at radius 2 is 2.35 bits per heavy atom. The summed E-state index contributed by atoms with van der Waals surface area (Å²) in [6.45, 7) is 0. The van der Waals surface area contributed by atoms with Crippen LogP contribution in [0.2, 0.25) is 0 Å². The van der Waals surface area contributed by atoms with Crippen LogP contribution in [0.4, 0.5) is 5.00 Å². The summed E-state index contributed by atoms with van der Waals surface area (Å²) in [5.41, 5.74) is 5.89. The Balaban J connectivity index is 2.55. The summed E-state index contributed by atoms with van der Waals surface area (Å²) in [6.07, 6.45) is -0.0986. The molecule has 0 saturated heterocycles. The molecule has 6 nitrogen and oxygen atoms in total. The lowest BCUT2D eigenvalue weighted by Gasteiger charge is -2.09. The van der Waals surface area contributed by atoms with Gasteiger partial charge in [0.25, 0.3) is 0 Å². The molecule has 0 fully saturated rings. The van der Waals surface area contributed by atoms with Crippen LogP contribution in [0.1, 0.15) is 18.4 Å². The van der Waals surface area contributed by atoms with Gasteiger partial charge in [0, 0.05) is 6.42 Å². The van der Waals surface area contributed by atoms with Crippen molar-refractivity contribution in [1.82, 2.24) is 0 Å². The molecule has 7 heteroatoms. The molecule has 90 valence electrons. The van der Waals surface area contributed by atoms with Gasteiger partial charge in [0.05, 0.1) is 11.6 Å². The topological polar surface area (TPSA) is 116 Å². The summed E-state index contributed by atoms with van der Waals surface area (Å²) < 4.78 is 0. The number of aliphatic carboxylic acids is 1. The Hall–Kier alpha value is -1.91. The summed E-state index contributed by atoms with van der Waals surface area (Å²) in [4.78, 5) is 21.9. The highest BCUT2D eigenvalue weighted by Crippen LogP contribution is 2.22. The third-order valence-electron chi connectivity index (χ3n) is 2.03. The SMILES string of the molecule is N#Cc1ccsc1NC(=O)C(N)CCC(=O)O. The van der Waals surface area contributed by atoms with E-state index in [1.807, 2.05) is 6.07 Å². The van der Waals surface area contributed by atoms with Gasteiger partial charge < -0.3 is 16.2 Å². The molecule has 0 aliphatic carbocycles. The Morgan fingerprint density at radius 1 is 1.65 bits per heavy atom. The number of hydrogen-bond acceptors (Lipinski definition) is 5. The fraction of sp³-hybridized carbons (Fsp3) is 0.300. The van der Waals surface area contributed by atoms with E-state index >= 15 is 0 Å². The first kappa shape index (κ1) is 13.2. The predicted octanol–water partition coefficient (Wildman–Crippen LogP) is 0.750. The first-order valence-electron chi connectivity index (χ1n) is 4.80. The number of amides is 1. The fourth-order valence-corrected chi connectivity index (χ4v) is 1.85. The van der Waals surface area contributed by atoms with Crippen LogP contribution in [-0.2, 0) is 9.59 Å². The van der Waals surface area contributed by atoms with Crippen molar-refractivity contribution in [3.05, 3.63) is 17.0 Å². The van der Waals surface area contributed by atoms with E-state index in [0.717, 1.165) is 0 Å². The van der Waals surface area contributed by atoms with Gasteiger partial charge in [0.15, 0.2) is 0 Å². The van der Waals surface area contributed by atoms with E-state index in [1.165, 1.54) is 11.3 Å². The molecule has 1 rings (SSSR count). The van der Waals surface area contributed by atoms with Crippen LogP contribution in [0.25, 0.3) is 0 Å². The first-order chi connectivity index (χ1) is 8.04. The molecule has 1 unspecified atom stereocenters. The molecule has 0 bridgehead atoms. The molecular weight excluding hydrogens is 242 g/mol. The summed E-state index contributed by atoms with van der Waals surface area (Å²) in [5, 5.41) is 21.8. The minimum atomic E-state index is -0.998. The van der Waals surface area contributed by atoms with E-state index in [1.54, 1.807) is 11.4 Å². The molecule has 1 atom stereocenters. The van der Waals surface area contributed by atoms with Gasteiger partial charge >= 0.3 is 5.97 Å². The van der Waals surface area contributed by atoms with E-state index < -0.39 is 17.9 Å². The van der Waals surface area contributed by atoms with E-state index in [9.17, 15) is 9.59 Å². The minimum Gasteiger partial charge on any atom is -0.481 e. The quantitative estimate of drug-likeness (QED) is 0.716. The summed E-state index contributed by atoms with van der Waals surface area (Å²) in [7, 11) is 0. The van der Waals surface area contributed by atoms with Crippen molar-refractivity contribution in [2.75, 3.05) is 5.32 Å². The predicted molar refractivity (Wildman–Crippen MR) is 62.5 cm³/mol. The first-order valence-corrected chi connectivity index (χ1v) is 5.68. The number of rotatable bonds is 5. The number of thiophene rings is 1. The molecule has 4 N–H and O–H groups in total. The molecule has 17 heavy (non-hydrogen) atoms. The second-order valence-electron chi connectivity index (χ2n) is 3.30. The van der Waals surface area contributed by atoms with Gasteiger partial charge in [-0.25, -0.2) is 0 Å². The van der Waals surface area contributed by atoms with Gasteiger partial charge in [0.1, 0.15) is 11.1 Å². The van der Waals surface area contributed by atoms with Crippen LogP contribution in [-0.4, -0.2) is 23.0 Å². The van der Waals surface area contributed by atoms with Crippen LogP contribution in [0.3, 0.4) is 0 Å². The van der Waals surface area contributed by atoms with Crippen LogP contribution in [0, 0.1) is 11.3 Å². The van der Waals surface area contributed by atoms with E-state index in [4.69, 9.17) is 16.1 Å². The monoisotopic (exact) mass is 253 g/mol. The average Bonchev–Trinajstić information content (AvgIpc) is 2.72. The Bertz CT molecular complexity index is 464. The molecule has 1 heterocycles. The molecule has 0 saturated carbocycles. The second-order valence-corrected chi connectivity index (χ2v) is 4.22. The number of carboxylic acids is 1. The Labute approximate surface area is 102 Å². The smallest absolute Gasteiger partial charge is 0.303 e. The van der Waals surface area contributed by atoms with Crippen LogP contribution in [0.5, 0.6) is 0 Å². The highest BCUT2D eigenvalue weighted by Gasteiger charge is 2.16. The number of carbonyl (C=O) groups is 2. The number of carbonyl (C=O) groups excluding carboxylic acids is 1. The molecule has 0 aliphatic heterocycles. The van der Waals surface area contributed by atoms with Gasteiger partial charge in [-0.2, -0.15) is 5.26 Å². The third kappa shape index (κ3) is 3.86. The number of carboxylic acid groups (broad SMARTS) is 1. The Morgan fingerprint density at radius 3 is 2.94 bits per heavy atom. The lowest BCUT2D eigenvalue weighted by Crippen LogP contribution is -2.35. The van der Waals surface area contributed by atoms with Crippen molar-refractivity contribution in [3.63, 3.8) is 0 Å². The molecule has 1 aromatic heterocycles. The molecular formula is C10H11N3O3S. The Kier molecular flexibility index (Phi) is 4.63. The summed E-state index contributed by atoms with van der Waals surface area (Å²) in [5.74, 6) is -1.48. The highest BCUT2D eigenvalue weighted by molar-refractivity contribution is 7.14. The molecule has 0 radical (unpaired) electrons. The minimum absolute atomic E-state index is 0.0639. The lowest BCUT2D eigenvalue weighted by molar-refractivity contribution is -0.137. The van der Waals surface area contributed by atoms with Crippen LogP contribution >= 0.6 is 11.3 Å². The zero-order valence-electron chi connectivity index (χ0n) is 8.84. The van der Waals surface area contributed by atoms with Gasteiger partial charge in [-0.3, -0.25) is 9.59 Å². The van der Waals surface area contributed by atoms with Crippen molar-refractivity contribution >= 4 is 28.2 Å². The van der Waals surface area contributed by atoms with E-state index in [2.05, 4.69) is 5.32 Å². The highest BCUT2D eigenvalue weighted by atomic mass is 32.1. The van der Waals surface area contributed by atoms with Crippen LogP contribution in [0.15, 0.2) is 11.4 Å². The van der Waals surface area contributed by atoms with Crippen molar-refractivity contribution < 1.29 is 14.7 Å². The van der Waals surface area contributed by atoms with Crippen molar-refractivity contribution in [1.29, 1.82) is 5.26 Å². The number of anilines is 1. The number of nitrogens with zero attached hydrogens (tertiary/aromatic N) is 1. The summed E-state index contributed by atoms with van der Waals surface area (Å²) >= 11 is 1.22. The molecule has 1 aromatic rings. The molecule has 1 amide bonds. The number of nitrogens with two attached hydrogens (primary N) is 1. The zero-order chi connectivity index (χ0) is 12.8. The van der Waals surface area contributed by atoms with Gasteiger partial charge in [-0.05, 0) is 17.9 Å². The standard InChI is InChI=1S/C10H11N3O3S/c11-5-6-3-4-17-10(6)13-9(16)7(12)1-2-8(14)15/h3-4,7H,1-2,12H2,(H,13,16)(H,14,15). The molecule has 0 aliphatic rings. The largest absolute Gasteiger partial charge is 0.481 e. The van der Waals surface area contributed by atoms with Gasteiger partial charge in [-0.15, -0.1) is 11.3 Å².